The Labute approximate surface area is 137 Å². The van der Waals surface area contributed by atoms with E-state index in [0.29, 0.717) is 0 Å². The van der Waals surface area contributed by atoms with Crippen LogP contribution in [0.15, 0.2) is 30.3 Å². The number of hydrogen-bond donors (Lipinski definition) is 1. The zero-order chi connectivity index (χ0) is 15.8. The molecular formula is C21H33N. The zero-order valence-corrected chi connectivity index (χ0v) is 14.8. The molecule has 1 nitrogen and oxygen atoms in total. The lowest BCUT2D eigenvalue weighted by Gasteiger charge is -2.39. The number of anilines is 1. The van der Waals surface area contributed by atoms with Gasteiger partial charge in [0.25, 0.3) is 0 Å². The second kappa shape index (κ2) is 8.41. The molecule has 0 amide bonds. The van der Waals surface area contributed by atoms with Gasteiger partial charge in [-0.2, -0.15) is 0 Å². The van der Waals surface area contributed by atoms with Gasteiger partial charge in [-0.1, -0.05) is 77.2 Å². The van der Waals surface area contributed by atoms with Gasteiger partial charge < -0.3 is 5.32 Å². The highest BCUT2D eigenvalue weighted by molar-refractivity contribution is 5.81. The molecule has 0 bridgehead atoms. The highest BCUT2D eigenvalue weighted by Gasteiger charge is 2.31. The average Bonchev–Trinajstić information content (AvgIpc) is 2.56. The summed E-state index contributed by atoms with van der Waals surface area (Å²) in [6, 6.07) is 8.89. The summed E-state index contributed by atoms with van der Waals surface area (Å²) in [5, 5.41) is 3.91. The number of nitrogens with one attached hydrogen (secondary N) is 1. The standard InChI is InChI=1S/C21H33N/c1-4-7-12-18-17-21(15-8-5-2,16-9-6-3)22-20-14-11-10-13-19(18)20/h10-11,13-14,17,22H,4-9,12,15-16H2,1-3H3. The van der Waals surface area contributed by atoms with E-state index in [9.17, 15) is 0 Å². The molecule has 1 aliphatic heterocycles. The van der Waals surface area contributed by atoms with Crippen LogP contribution < -0.4 is 5.32 Å². The lowest BCUT2D eigenvalue weighted by atomic mass is 9.79. The molecule has 0 aromatic heterocycles. The fourth-order valence-electron chi connectivity index (χ4n) is 3.54. The highest BCUT2D eigenvalue weighted by Crippen LogP contribution is 2.40. The van der Waals surface area contributed by atoms with Crippen molar-refractivity contribution in [2.75, 3.05) is 5.32 Å². The molecule has 0 fully saturated rings. The molecule has 122 valence electrons. The van der Waals surface area contributed by atoms with Crippen LogP contribution in [-0.2, 0) is 0 Å². The second-order valence-electron chi connectivity index (χ2n) is 6.81. The minimum absolute atomic E-state index is 0.184. The van der Waals surface area contributed by atoms with Gasteiger partial charge in [0.05, 0.1) is 5.54 Å². The summed E-state index contributed by atoms with van der Waals surface area (Å²) in [7, 11) is 0. The second-order valence-corrected chi connectivity index (χ2v) is 6.81. The van der Waals surface area contributed by atoms with Gasteiger partial charge in [-0.05, 0) is 37.3 Å². The van der Waals surface area contributed by atoms with E-state index in [2.05, 4.69) is 56.4 Å². The maximum atomic E-state index is 3.91. The fourth-order valence-corrected chi connectivity index (χ4v) is 3.54. The number of unbranched alkanes of at least 4 members (excludes halogenated alkanes) is 3. The molecule has 1 aromatic rings. The van der Waals surface area contributed by atoms with Crippen LogP contribution in [0.4, 0.5) is 5.69 Å². The van der Waals surface area contributed by atoms with E-state index < -0.39 is 0 Å². The van der Waals surface area contributed by atoms with Crippen molar-refractivity contribution >= 4 is 11.3 Å². The largest absolute Gasteiger partial charge is 0.376 e. The number of fused-ring (bicyclic) bond motifs is 1. The van der Waals surface area contributed by atoms with Gasteiger partial charge in [0, 0.05) is 11.3 Å². The summed E-state index contributed by atoms with van der Waals surface area (Å²) in [4.78, 5) is 0. The summed E-state index contributed by atoms with van der Waals surface area (Å²) in [6.07, 6.45) is 14.0. The molecule has 0 saturated carbocycles. The maximum Gasteiger partial charge on any atom is 0.0562 e. The van der Waals surface area contributed by atoms with E-state index in [0.717, 1.165) is 0 Å². The lowest BCUT2D eigenvalue weighted by Crippen LogP contribution is -2.39. The smallest absolute Gasteiger partial charge is 0.0562 e. The molecule has 2 rings (SSSR count). The minimum Gasteiger partial charge on any atom is -0.376 e. The van der Waals surface area contributed by atoms with Gasteiger partial charge in [-0.15, -0.1) is 0 Å². The predicted octanol–water partition coefficient (Wildman–Crippen LogP) is 6.80. The molecule has 1 N–H and O–H groups in total. The Morgan fingerprint density at radius 1 is 0.864 bits per heavy atom. The summed E-state index contributed by atoms with van der Waals surface area (Å²) in [5.41, 5.74) is 4.54. The monoisotopic (exact) mass is 299 g/mol. The van der Waals surface area contributed by atoms with Gasteiger partial charge >= 0.3 is 0 Å². The van der Waals surface area contributed by atoms with Crippen molar-refractivity contribution in [1.82, 2.24) is 0 Å². The molecule has 0 aliphatic carbocycles. The molecule has 0 radical (unpaired) electrons. The topological polar surface area (TPSA) is 12.0 Å². The number of rotatable bonds is 9. The molecule has 1 aromatic carbocycles. The minimum atomic E-state index is 0.184. The molecule has 0 saturated heterocycles. The fraction of sp³-hybridized carbons (Fsp3) is 0.619. The lowest BCUT2D eigenvalue weighted by molar-refractivity contribution is 0.449. The van der Waals surface area contributed by atoms with Crippen LogP contribution in [0.1, 0.15) is 84.1 Å². The van der Waals surface area contributed by atoms with Crippen molar-refractivity contribution in [1.29, 1.82) is 0 Å². The van der Waals surface area contributed by atoms with Crippen molar-refractivity contribution in [3.8, 4) is 0 Å². The molecule has 0 spiro atoms. The Morgan fingerprint density at radius 3 is 2.14 bits per heavy atom. The molecule has 1 heteroatoms. The molecule has 0 unspecified atom stereocenters. The van der Waals surface area contributed by atoms with Crippen LogP contribution in [0.2, 0.25) is 0 Å². The first-order valence-corrected chi connectivity index (χ1v) is 9.34. The van der Waals surface area contributed by atoms with Crippen LogP contribution in [0, 0.1) is 0 Å². The third-order valence-corrected chi connectivity index (χ3v) is 4.86. The summed E-state index contributed by atoms with van der Waals surface area (Å²) >= 11 is 0. The van der Waals surface area contributed by atoms with Crippen molar-refractivity contribution in [2.45, 2.75) is 84.1 Å². The summed E-state index contributed by atoms with van der Waals surface area (Å²) in [5.74, 6) is 0. The molecule has 22 heavy (non-hydrogen) atoms. The highest BCUT2D eigenvalue weighted by atomic mass is 15.0. The van der Waals surface area contributed by atoms with E-state index in [4.69, 9.17) is 0 Å². The number of para-hydroxylation sites is 1. The van der Waals surface area contributed by atoms with E-state index >= 15 is 0 Å². The molecule has 0 atom stereocenters. The third kappa shape index (κ3) is 4.15. The molecule has 1 heterocycles. The van der Waals surface area contributed by atoms with Crippen LogP contribution >= 0.6 is 0 Å². The van der Waals surface area contributed by atoms with Crippen molar-refractivity contribution in [3.05, 3.63) is 35.9 Å². The molecule has 1 aliphatic rings. The van der Waals surface area contributed by atoms with Gasteiger partial charge in [0.15, 0.2) is 0 Å². The first kappa shape index (κ1) is 17.1. The van der Waals surface area contributed by atoms with Crippen molar-refractivity contribution < 1.29 is 0 Å². The van der Waals surface area contributed by atoms with Gasteiger partial charge in [-0.25, -0.2) is 0 Å². The van der Waals surface area contributed by atoms with E-state index in [1.807, 2.05) is 0 Å². The van der Waals surface area contributed by atoms with E-state index in [1.54, 1.807) is 5.57 Å². The Morgan fingerprint density at radius 2 is 1.50 bits per heavy atom. The summed E-state index contributed by atoms with van der Waals surface area (Å²) in [6.45, 7) is 6.88. The number of hydrogen-bond acceptors (Lipinski definition) is 1. The first-order valence-electron chi connectivity index (χ1n) is 9.34. The summed E-state index contributed by atoms with van der Waals surface area (Å²) < 4.78 is 0. The maximum absolute atomic E-state index is 3.91. The normalized spacial score (nSPS) is 15.9. The Balaban J connectivity index is 2.32. The van der Waals surface area contributed by atoms with Gasteiger partial charge in [0.1, 0.15) is 0 Å². The molecular weight excluding hydrogens is 266 g/mol. The van der Waals surface area contributed by atoms with Crippen LogP contribution in [0.3, 0.4) is 0 Å². The van der Waals surface area contributed by atoms with Crippen LogP contribution in [0.25, 0.3) is 5.57 Å². The van der Waals surface area contributed by atoms with Crippen molar-refractivity contribution in [2.24, 2.45) is 0 Å². The number of benzene rings is 1. The zero-order valence-electron chi connectivity index (χ0n) is 14.8. The Kier molecular flexibility index (Phi) is 6.54. The number of allylic oxidation sites excluding steroid dienone is 1. The van der Waals surface area contributed by atoms with Crippen LogP contribution in [-0.4, -0.2) is 5.54 Å². The Hall–Kier alpha value is -1.24. The Bertz CT molecular complexity index is 478. The van der Waals surface area contributed by atoms with Crippen molar-refractivity contribution in [3.63, 3.8) is 0 Å². The quantitative estimate of drug-likeness (QED) is 0.528. The third-order valence-electron chi connectivity index (χ3n) is 4.86. The van der Waals surface area contributed by atoms with E-state index in [1.165, 1.54) is 69.0 Å². The SMILES string of the molecule is CCCCC1=CC(CCCC)(CCCC)Nc2ccccc21. The van der Waals surface area contributed by atoms with E-state index in [-0.39, 0.29) is 5.54 Å². The average molecular weight is 300 g/mol. The first-order chi connectivity index (χ1) is 10.7. The van der Waals surface area contributed by atoms with Gasteiger partial charge in [-0.3, -0.25) is 0 Å². The van der Waals surface area contributed by atoms with Crippen LogP contribution in [0.5, 0.6) is 0 Å². The van der Waals surface area contributed by atoms with Gasteiger partial charge in [0.2, 0.25) is 0 Å². The predicted molar refractivity (Wildman–Crippen MR) is 99.3 cm³/mol.